The third-order valence-corrected chi connectivity index (χ3v) is 7.78. The zero-order chi connectivity index (χ0) is 19.8. The Bertz CT molecular complexity index is 793. The topological polar surface area (TPSA) is 88.6 Å². The van der Waals surface area contributed by atoms with Gasteiger partial charge < -0.3 is 15.2 Å². The molecule has 7 nitrogen and oxygen atoms in total. The van der Waals surface area contributed by atoms with Crippen LogP contribution in [0.3, 0.4) is 0 Å². The fourth-order valence-corrected chi connectivity index (χ4v) is 5.86. The number of rotatable bonds is 4. The summed E-state index contributed by atoms with van der Waals surface area (Å²) in [5, 5.41) is 0. The van der Waals surface area contributed by atoms with E-state index in [-0.39, 0.29) is 29.3 Å². The van der Waals surface area contributed by atoms with Crippen LogP contribution in [0, 0.1) is 11.8 Å². The molecule has 0 spiro atoms. The van der Waals surface area contributed by atoms with Crippen molar-refractivity contribution in [1.82, 2.24) is 13.8 Å². The van der Waals surface area contributed by atoms with E-state index >= 15 is 0 Å². The van der Waals surface area contributed by atoms with E-state index in [2.05, 4.69) is 6.92 Å². The van der Waals surface area contributed by atoms with Gasteiger partial charge in [0.25, 0.3) is 5.91 Å². The summed E-state index contributed by atoms with van der Waals surface area (Å²) in [5.74, 6) is 0.541. The van der Waals surface area contributed by atoms with Crippen LogP contribution >= 0.6 is 12.4 Å². The summed E-state index contributed by atoms with van der Waals surface area (Å²) in [4.78, 5) is 15.0. The van der Waals surface area contributed by atoms with Gasteiger partial charge in [0.05, 0.1) is 0 Å². The second kappa shape index (κ2) is 9.15. The standard InChI is InChI=1S/C19H32N4O3S.ClH/c1-14-6-4-9-23(11-14)27(25,26)17-10-18(21(3)13-17)19(24)22-8-5-7-16(12-22)15(2)20;/h10,13-16H,4-9,11-12,20H2,1-3H3;1H. The molecular weight excluding hydrogens is 400 g/mol. The van der Waals surface area contributed by atoms with Crippen LogP contribution in [0.1, 0.15) is 50.0 Å². The Morgan fingerprint density at radius 2 is 1.89 bits per heavy atom. The molecule has 3 atom stereocenters. The molecule has 3 rings (SSSR count). The van der Waals surface area contributed by atoms with Gasteiger partial charge in [0, 0.05) is 45.5 Å². The van der Waals surface area contributed by atoms with Crippen LogP contribution in [0.15, 0.2) is 17.2 Å². The van der Waals surface area contributed by atoms with E-state index in [1.807, 2.05) is 11.8 Å². The van der Waals surface area contributed by atoms with Gasteiger partial charge in [-0.2, -0.15) is 4.31 Å². The number of carbonyl (C=O) groups excluding carboxylic acids is 1. The number of carbonyl (C=O) groups is 1. The number of aryl methyl sites for hydroxylation is 1. The highest BCUT2D eigenvalue weighted by molar-refractivity contribution is 7.89. The second-order valence-corrected chi connectivity index (χ2v) is 10.2. The SMILES string of the molecule is CC1CCCN(S(=O)(=O)c2cc(C(=O)N3CCCC(C(C)N)C3)n(C)c2)C1.Cl. The first-order valence-electron chi connectivity index (χ1n) is 9.91. The average Bonchev–Trinajstić information content (AvgIpc) is 3.03. The van der Waals surface area contributed by atoms with E-state index in [1.165, 1.54) is 6.07 Å². The number of hydrogen-bond donors (Lipinski definition) is 1. The number of nitrogens with zero attached hydrogens (tertiary/aromatic N) is 3. The van der Waals surface area contributed by atoms with Crippen molar-refractivity contribution in [2.24, 2.45) is 24.6 Å². The first kappa shape index (κ1) is 23.2. The van der Waals surface area contributed by atoms with Gasteiger partial charge in [-0.1, -0.05) is 6.92 Å². The molecule has 160 valence electrons. The van der Waals surface area contributed by atoms with Gasteiger partial charge in [0.2, 0.25) is 10.0 Å². The molecule has 0 bridgehead atoms. The molecule has 2 saturated heterocycles. The van der Waals surface area contributed by atoms with E-state index in [1.54, 1.807) is 22.1 Å². The van der Waals surface area contributed by atoms with Gasteiger partial charge in [-0.3, -0.25) is 4.79 Å². The molecule has 1 amide bonds. The van der Waals surface area contributed by atoms with Crippen molar-refractivity contribution in [3.63, 3.8) is 0 Å². The predicted molar refractivity (Wildman–Crippen MR) is 112 cm³/mol. The van der Waals surface area contributed by atoms with Crippen molar-refractivity contribution in [2.75, 3.05) is 26.2 Å². The van der Waals surface area contributed by atoms with Crippen LogP contribution in [-0.2, 0) is 17.1 Å². The third kappa shape index (κ3) is 4.72. The van der Waals surface area contributed by atoms with Crippen molar-refractivity contribution in [3.8, 4) is 0 Å². The lowest BCUT2D eigenvalue weighted by Crippen LogP contribution is -2.45. The molecule has 2 aliphatic rings. The molecule has 2 fully saturated rings. The monoisotopic (exact) mass is 432 g/mol. The van der Waals surface area contributed by atoms with Gasteiger partial charge in [-0.25, -0.2) is 8.42 Å². The molecule has 28 heavy (non-hydrogen) atoms. The summed E-state index contributed by atoms with van der Waals surface area (Å²) in [6.45, 7) is 6.47. The molecule has 2 aliphatic heterocycles. The summed E-state index contributed by atoms with van der Waals surface area (Å²) in [6.07, 6.45) is 5.46. The fraction of sp³-hybridized carbons (Fsp3) is 0.737. The van der Waals surface area contributed by atoms with Gasteiger partial charge >= 0.3 is 0 Å². The van der Waals surface area contributed by atoms with Gasteiger partial charge in [-0.15, -0.1) is 12.4 Å². The molecule has 1 aromatic rings. The Morgan fingerprint density at radius 3 is 2.54 bits per heavy atom. The molecule has 3 unspecified atom stereocenters. The number of hydrogen-bond acceptors (Lipinski definition) is 4. The number of aromatic nitrogens is 1. The minimum atomic E-state index is -3.56. The highest BCUT2D eigenvalue weighted by Gasteiger charge is 2.32. The zero-order valence-corrected chi connectivity index (χ0v) is 18.6. The smallest absolute Gasteiger partial charge is 0.270 e. The molecule has 9 heteroatoms. The van der Waals surface area contributed by atoms with E-state index < -0.39 is 10.0 Å². The fourth-order valence-electron chi connectivity index (χ4n) is 4.19. The molecule has 0 radical (unpaired) electrons. The zero-order valence-electron chi connectivity index (χ0n) is 17.0. The summed E-state index contributed by atoms with van der Waals surface area (Å²) in [6, 6.07) is 1.58. The summed E-state index contributed by atoms with van der Waals surface area (Å²) in [5.41, 5.74) is 6.45. The molecule has 0 aliphatic carbocycles. The van der Waals surface area contributed by atoms with Crippen LogP contribution in [-0.4, -0.2) is 60.3 Å². The average molecular weight is 433 g/mol. The lowest BCUT2D eigenvalue weighted by atomic mass is 9.92. The molecule has 0 saturated carbocycles. The number of amides is 1. The molecule has 2 N–H and O–H groups in total. The minimum absolute atomic E-state index is 0. The van der Waals surface area contributed by atoms with Crippen molar-refractivity contribution in [1.29, 1.82) is 0 Å². The van der Waals surface area contributed by atoms with Gasteiger partial charge in [0.1, 0.15) is 10.6 Å². The predicted octanol–water partition coefficient (Wildman–Crippen LogP) is 2.07. The maximum absolute atomic E-state index is 13.0. The van der Waals surface area contributed by atoms with Crippen LogP contribution in [0.25, 0.3) is 0 Å². The summed E-state index contributed by atoms with van der Waals surface area (Å²) < 4.78 is 29.2. The van der Waals surface area contributed by atoms with Crippen LogP contribution in [0.4, 0.5) is 0 Å². The highest BCUT2D eigenvalue weighted by Crippen LogP contribution is 2.26. The minimum Gasteiger partial charge on any atom is -0.345 e. The highest BCUT2D eigenvalue weighted by atomic mass is 35.5. The number of halogens is 1. The number of nitrogens with two attached hydrogens (primary N) is 1. The third-order valence-electron chi connectivity index (χ3n) is 5.95. The first-order chi connectivity index (χ1) is 12.7. The van der Waals surface area contributed by atoms with Gasteiger partial charge in [-0.05, 0) is 50.5 Å². The lowest BCUT2D eigenvalue weighted by Gasteiger charge is -2.34. The quantitative estimate of drug-likeness (QED) is 0.788. The second-order valence-electron chi connectivity index (χ2n) is 8.29. The molecule has 0 aromatic carbocycles. The van der Waals surface area contributed by atoms with Gasteiger partial charge in [0.15, 0.2) is 0 Å². The largest absolute Gasteiger partial charge is 0.345 e. The van der Waals surface area contributed by atoms with Crippen LogP contribution < -0.4 is 5.73 Å². The number of sulfonamides is 1. The maximum Gasteiger partial charge on any atom is 0.270 e. The molecular formula is C19H33ClN4O3S. The Morgan fingerprint density at radius 1 is 1.21 bits per heavy atom. The Labute approximate surface area is 174 Å². The lowest BCUT2D eigenvalue weighted by molar-refractivity contribution is 0.0651. The number of piperidine rings is 2. The van der Waals surface area contributed by atoms with Crippen molar-refractivity contribution < 1.29 is 13.2 Å². The van der Waals surface area contributed by atoms with Crippen LogP contribution in [0.5, 0.6) is 0 Å². The Balaban J connectivity index is 0.00000280. The van der Waals surface area contributed by atoms with E-state index in [4.69, 9.17) is 5.73 Å². The normalized spacial score (nSPS) is 25.2. The summed E-state index contributed by atoms with van der Waals surface area (Å²) >= 11 is 0. The van der Waals surface area contributed by atoms with E-state index in [0.29, 0.717) is 43.7 Å². The Hall–Kier alpha value is -1.09. The summed E-state index contributed by atoms with van der Waals surface area (Å²) in [7, 11) is -1.83. The first-order valence-corrected chi connectivity index (χ1v) is 11.4. The molecule has 1 aromatic heterocycles. The maximum atomic E-state index is 13.0. The Kier molecular flexibility index (Phi) is 7.58. The number of likely N-dealkylation sites (tertiary alicyclic amines) is 1. The van der Waals surface area contributed by atoms with Crippen molar-refractivity contribution >= 4 is 28.3 Å². The van der Waals surface area contributed by atoms with Crippen molar-refractivity contribution in [3.05, 3.63) is 18.0 Å². The molecule has 3 heterocycles. The van der Waals surface area contributed by atoms with Crippen molar-refractivity contribution in [2.45, 2.75) is 50.5 Å². The van der Waals surface area contributed by atoms with E-state index in [0.717, 1.165) is 25.7 Å². The van der Waals surface area contributed by atoms with Crippen LogP contribution in [0.2, 0.25) is 0 Å². The van der Waals surface area contributed by atoms with E-state index in [9.17, 15) is 13.2 Å².